The van der Waals surface area contributed by atoms with Crippen LogP contribution in [-0.4, -0.2) is 74.4 Å². The second kappa shape index (κ2) is 7.47. The van der Waals surface area contributed by atoms with Crippen molar-refractivity contribution in [2.45, 2.75) is 69.4 Å². The van der Waals surface area contributed by atoms with Gasteiger partial charge in [0.2, 0.25) is 0 Å². The van der Waals surface area contributed by atoms with Crippen LogP contribution in [0, 0.1) is 5.92 Å². The van der Waals surface area contributed by atoms with E-state index in [0.717, 1.165) is 0 Å². The van der Waals surface area contributed by atoms with E-state index in [1.807, 2.05) is 0 Å². The highest BCUT2D eigenvalue weighted by Crippen LogP contribution is 2.32. The maximum absolute atomic E-state index is 12.1. The molecule has 2 rings (SSSR count). The van der Waals surface area contributed by atoms with Gasteiger partial charge in [-0.15, -0.1) is 0 Å². The summed E-state index contributed by atoms with van der Waals surface area (Å²) >= 11 is 0. The van der Waals surface area contributed by atoms with Crippen LogP contribution in [0.3, 0.4) is 0 Å². The monoisotopic (exact) mass is 346 g/mol. The maximum atomic E-state index is 12.1. The van der Waals surface area contributed by atoms with Gasteiger partial charge in [0, 0.05) is 5.57 Å². The van der Waals surface area contributed by atoms with Gasteiger partial charge in [0.25, 0.3) is 0 Å². The van der Waals surface area contributed by atoms with Gasteiger partial charge in [-0.1, -0.05) is 6.08 Å². The zero-order chi connectivity index (χ0) is 18.1. The summed E-state index contributed by atoms with van der Waals surface area (Å²) in [5.41, 5.74) is -0.319. The molecule has 24 heavy (non-hydrogen) atoms. The van der Waals surface area contributed by atoms with Crippen molar-refractivity contribution >= 4 is 5.97 Å². The third-order valence-corrected chi connectivity index (χ3v) is 4.74. The lowest BCUT2D eigenvalue weighted by Gasteiger charge is -2.38. The molecule has 2 aliphatic rings. The lowest BCUT2D eigenvalue weighted by Crippen LogP contribution is -2.58. The Kier molecular flexibility index (Phi) is 6.00. The number of carbonyl (C=O) groups excluding carboxylic acids is 1. The normalized spacial score (nSPS) is 37.7. The molecule has 0 radical (unpaired) electrons. The summed E-state index contributed by atoms with van der Waals surface area (Å²) in [6.07, 6.45) is -4.02. The number of hydrogen-bond acceptors (Lipinski definition) is 8. The molecule has 1 heterocycles. The molecule has 8 nitrogen and oxygen atoms in total. The topological polar surface area (TPSA) is 137 Å². The summed E-state index contributed by atoms with van der Waals surface area (Å²) in [5.74, 6) is -0.487. The Morgan fingerprint density at radius 1 is 1.25 bits per heavy atom. The van der Waals surface area contributed by atoms with Crippen LogP contribution in [0.1, 0.15) is 33.1 Å². The number of rotatable bonds is 4. The minimum atomic E-state index is -1.66. The summed E-state index contributed by atoms with van der Waals surface area (Å²) in [7, 11) is 0. The van der Waals surface area contributed by atoms with E-state index < -0.39 is 42.3 Å². The SMILES string of the molecule is CC(C)(O)C1CC=C(C(=O)OC[C@H]2OC(O)[C@H](O)[C@@H](O)[C@@H]2O)CC1. The van der Waals surface area contributed by atoms with Crippen LogP contribution >= 0.6 is 0 Å². The van der Waals surface area contributed by atoms with Gasteiger partial charge in [0.1, 0.15) is 31.0 Å². The van der Waals surface area contributed by atoms with Gasteiger partial charge in [-0.25, -0.2) is 4.79 Å². The quantitative estimate of drug-likeness (QED) is 0.402. The molecule has 8 heteroatoms. The first-order valence-corrected chi connectivity index (χ1v) is 8.07. The third kappa shape index (κ3) is 4.33. The van der Waals surface area contributed by atoms with E-state index in [1.54, 1.807) is 19.9 Å². The Labute approximate surface area is 140 Å². The van der Waals surface area contributed by atoms with Gasteiger partial charge in [-0.2, -0.15) is 0 Å². The summed E-state index contributed by atoms with van der Waals surface area (Å²) in [5, 5.41) is 48.2. The lowest BCUT2D eigenvalue weighted by atomic mass is 9.79. The van der Waals surface area contributed by atoms with Crippen molar-refractivity contribution < 1.29 is 39.8 Å². The van der Waals surface area contributed by atoms with Gasteiger partial charge in [-0.3, -0.25) is 0 Å². The fourth-order valence-corrected chi connectivity index (χ4v) is 2.98. The molecule has 6 atom stereocenters. The summed E-state index contributed by atoms with van der Waals surface area (Å²) in [6.45, 7) is 3.12. The Hall–Kier alpha value is -1.03. The number of esters is 1. The molecule has 2 unspecified atom stereocenters. The zero-order valence-electron chi connectivity index (χ0n) is 13.8. The fraction of sp³-hybridized carbons (Fsp3) is 0.812. The van der Waals surface area contributed by atoms with Crippen LogP contribution in [0.4, 0.5) is 0 Å². The van der Waals surface area contributed by atoms with E-state index in [2.05, 4.69) is 0 Å². The molecular formula is C16H26O8. The Bertz CT molecular complexity index is 483. The van der Waals surface area contributed by atoms with Crippen molar-refractivity contribution in [1.82, 2.24) is 0 Å². The smallest absolute Gasteiger partial charge is 0.333 e. The second-order valence-corrected chi connectivity index (χ2v) is 6.99. The predicted octanol–water partition coefficient (Wildman–Crippen LogP) is -1.17. The molecule has 0 saturated carbocycles. The molecule has 5 N–H and O–H groups in total. The van der Waals surface area contributed by atoms with Crippen LogP contribution in [0.2, 0.25) is 0 Å². The molecule has 0 aromatic carbocycles. The van der Waals surface area contributed by atoms with Crippen LogP contribution in [0.25, 0.3) is 0 Å². The van der Waals surface area contributed by atoms with E-state index in [-0.39, 0.29) is 12.5 Å². The molecule has 0 aromatic rings. The number of aliphatic hydroxyl groups is 5. The predicted molar refractivity (Wildman–Crippen MR) is 81.6 cm³/mol. The van der Waals surface area contributed by atoms with Gasteiger partial charge in [0.05, 0.1) is 5.60 Å². The number of ether oxygens (including phenoxy) is 2. The number of allylic oxidation sites excluding steroid dienone is 1. The zero-order valence-corrected chi connectivity index (χ0v) is 13.8. The van der Waals surface area contributed by atoms with Crippen molar-refractivity contribution in [2.24, 2.45) is 5.92 Å². The first-order valence-electron chi connectivity index (χ1n) is 8.07. The summed E-state index contributed by atoms with van der Waals surface area (Å²) < 4.78 is 10.0. The minimum Gasteiger partial charge on any atom is -0.459 e. The van der Waals surface area contributed by atoms with E-state index >= 15 is 0 Å². The van der Waals surface area contributed by atoms with Crippen LogP contribution in [0.5, 0.6) is 0 Å². The van der Waals surface area contributed by atoms with Gasteiger partial charge in [0.15, 0.2) is 6.29 Å². The molecule has 138 valence electrons. The Morgan fingerprint density at radius 2 is 1.92 bits per heavy atom. The average Bonchev–Trinajstić information content (AvgIpc) is 2.54. The van der Waals surface area contributed by atoms with E-state index in [4.69, 9.17) is 9.47 Å². The Balaban J connectivity index is 1.86. The van der Waals surface area contributed by atoms with Gasteiger partial charge in [-0.05, 0) is 39.0 Å². The average molecular weight is 346 g/mol. The summed E-state index contributed by atoms with van der Waals surface area (Å²) in [4.78, 5) is 12.1. The largest absolute Gasteiger partial charge is 0.459 e. The standard InChI is InChI=1S/C16H26O8/c1-16(2,22)9-5-3-8(4-6-9)14(20)23-7-10-11(17)12(18)13(19)15(21)24-10/h3,9-13,15,17-19,21-22H,4-7H2,1-2H3/t9?,10-,11-,12+,13-,15?/m1/s1. The molecule has 1 aliphatic heterocycles. The number of aliphatic hydroxyl groups excluding tert-OH is 4. The third-order valence-electron chi connectivity index (χ3n) is 4.74. The van der Waals surface area contributed by atoms with Gasteiger partial charge < -0.3 is 35.0 Å². The minimum absolute atomic E-state index is 0.0735. The Morgan fingerprint density at radius 3 is 2.46 bits per heavy atom. The highest BCUT2D eigenvalue weighted by molar-refractivity contribution is 5.88. The molecule has 0 bridgehead atoms. The maximum Gasteiger partial charge on any atom is 0.333 e. The highest BCUT2D eigenvalue weighted by Gasteiger charge is 2.43. The fourth-order valence-electron chi connectivity index (χ4n) is 2.98. The first kappa shape index (κ1) is 19.3. The molecular weight excluding hydrogens is 320 g/mol. The molecule has 0 amide bonds. The van der Waals surface area contributed by atoms with Crippen molar-refractivity contribution in [3.05, 3.63) is 11.6 Å². The molecule has 1 saturated heterocycles. The van der Waals surface area contributed by atoms with E-state index in [0.29, 0.717) is 24.8 Å². The molecule has 1 fully saturated rings. The first-order chi connectivity index (χ1) is 11.1. The van der Waals surface area contributed by atoms with Crippen LogP contribution in [0.15, 0.2) is 11.6 Å². The molecule has 0 aromatic heterocycles. The van der Waals surface area contributed by atoms with E-state index in [9.17, 15) is 30.3 Å². The van der Waals surface area contributed by atoms with Crippen molar-refractivity contribution in [3.63, 3.8) is 0 Å². The van der Waals surface area contributed by atoms with Crippen molar-refractivity contribution in [3.8, 4) is 0 Å². The van der Waals surface area contributed by atoms with Crippen LogP contribution < -0.4 is 0 Å². The van der Waals surface area contributed by atoms with Crippen LogP contribution in [-0.2, 0) is 14.3 Å². The molecule has 0 spiro atoms. The lowest BCUT2D eigenvalue weighted by molar-refractivity contribution is -0.287. The second-order valence-electron chi connectivity index (χ2n) is 6.99. The van der Waals surface area contributed by atoms with Crippen molar-refractivity contribution in [2.75, 3.05) is 6.61 Å². The number of carbonyl (C=O) groups is 1. The van der Waals surface area contributed by atoms with Gasteiger partial charge >= 0.3 is 5.97 Å². The summed E-state index contributed by atoms with van der Waals surface area (Å²) in [6, 6.07) is 0. The highest BCUT2D eigenvalue weighted by atomic mass is 16.6. The molecule has 1 aliphatic carbocycles. The van der Waals surface area contributed by atoms with E-state index in [1.165, 1.54) is 0 Å². The number of hydrogen-bond donors (Lipinski definition) is 5. The van der Waals surface area contributed by atoms with Crippen molar-refractivity contribution in [1.29, 1.82) is 0 Å².